The van der Waals surface area contributed by atoms with Crippen LogP contribution in [0.25, 0.3) is 0 Å². The normalized spacial score (nSPS) is 33.8. The molecular formula is C13H18O4. The molecule has 2 atom stereocenters. The number of hydrogen-bond donors (Lipinski definition) is 0. The van der Waals surface area contributed by atoms with Gasteiger partial charge in [-0.2, -0.15) is 0 Å². The SMILES string of the molecule is COC(=O)C1CC2(CCCCC2=O)CCC1=O. The number of hydrogen-bond acceptors (Lipinski definition) is 4. The quantitative estimate of drug-likeness (QED) is 0.515. The zero-order valence-electron chi connectivity index (χ0n) is 10.2. The van der Waals surface area contributed by atoms with E-state index in [1.165, 1.54) is 7.11 Å². The first-order valence-corrected chi connectivity index (χ1v) is 6.23. The zero-order chi connectivity index (χ0) is 12.5. The second-order valence-electron chi connectivity index (χ2n) is 5.16. The first kappa shape index (κ1) is 12.3. The minimum atomic E-state index is -0.712. The van der Waals surface area contributed by atoms with E-state index >= 15 is 0 Å². The van der Waals surface area contributed by atoms with Crippen molar-refractivity contribution < 1.29 is 19.1 Å². The summed E-state index contributed by atoms with van der Waals surface area (Å²) >= 11 is 0. The van der Waals surface area contributed by atoms with Crippen molar-refractivity contribution in [2.24, 2.45) is 11.3 Å². The number of rotatable bonds is 1. The topological polar surface area (TPSA) is 60.4 Å². The van der Waals surface area contributed by atoms with E-state index in [-0.39, 0.29) is 11.6 Å². The third kappa shape index (κ3) is 2.13. The summed E-state index contributed by atoms with van der Waals surface area (Å²) < 4.78 is 4.66. The average molecular weight is 238 g/mol. The third-order valence-electron chi connectivity index (χ3n) is 4.22. The molecule has 0 heterocycles. The Labute approximate surface area is 101 Å². The molecule has 2 rings (SSSR count). The molecule has 0 aromatic carbocycles. The van der Waals surface area contributed by atoms with Gasteiger partial charge in [0.25, 0.3) is 0 Å². The number of ketones is 2. The van der Waals surface area contributed by atoms with Crippen molar-refractivity contribution in [2.75, 3.05) is 7.11 Å². The Morgan fingerprint density at radius 2 is 2.00 bits per heavy atom. The maximum atomic E-state index is 12.1. The molecule has 0 aliphatic heterocycles. The van der Waals surface area contributed by atoms with E-state index in [1.54, 1.807) is 0 Å². The maximum Gasteiger partial charge on any atom is 0.316 e. The smallest absolute Gasteiger partial charge is 0.316 e. The van der Waals surface area contributed by atoms with E-state index in [2.05, 4.69) is 4.74 Å². The van der Waals surface area contributed by atoms with E-state index in [0.717, 1.165) is 19.3 Å². The number of esters is 1. The van der Waals surface area contributed by atoms with Crippen LogP contribution >= 0.6 is 0 Å². The Morgan fingerprint density at radius 1 is 1.24 bits per heavy atom. The number of carbonyl (C=O) groups is 3. The van der Waals surface area contributed by atoms with E-state index in [0.29, 0.717) is 25.7 Å². The zero-order valence-corrected chi connectivity index (χ0v) is 10.2. The Bertz CT molecular complexity index is 352. The minimum Gasteiger partial charge on any atom is -0.468 e. The summed E-state index contributed by atoms with van der Waals surface area (Å²) in [6.07, 6.45) is 4.72. The molecule has 2 fully saturated rings. The predicted octanol–water partition coefficient (Wildman–Crippen LogP) is 1.66. The lowest BCUT2D eigenvalue weighted by molar-refractivity contribution is -0.155. The van der Waals surface area contributed by atoms with Crippen molar-refractivity contribution in [3.8, 4) is 0 Å². The molecule has 0 bridgehead atoms. The monoisotopic (exact) mass is 238 g/mol. The van der Waals surface area contributed by atoms with E-state index in [1.807, 2.05) is 0 Å². The first-order valence-electron chi connectivity index (χ1n) is 6.23. The van der Waals surface area contributed by atoms with Crippen molar-refractivity contribution in [3.63, 3.8) is 0 Å². The molecular weight excluding hydrogens is 220 g/mol. The molecule has 2 aliphatic rings. The van der Waals surface area contributed by atoms with Gasteiger partial charge in [0.05, 0.1) is 7.11 Å². The lowest BCUT2D eigenvalue weighted by Crippen LogP contribution is -2.44. The Morgan fingerprint density at radius 3 is 2.65 bits per heavy atom. The predicted molar refractivity (Wildman–Crippen MR) is 60.3 cm³/mol. The van der Waals surface area contributed by atoms with Crippen molar-refractivity contribution in [1.82, 2.24) is 0 Å². The molecule has 0 amide bonds. The summed E-state index contributed by atoms with van der Waals surface area (Å²) in [6, 6.07) is 0. The van der Waals surface area contributed by atoms with Gasteiger partial charge in [0, 0.05) is 18.3 Å². The molecule has 2 saturated carbocycles. The first-order chi connectivity index (χ1) is 8.09. The fourth-order valence-electron chi connectivity index (χ4n) is 3.13. The van der Waals surface area contributed by atoms with Crippen LogP contribution in [0.4, 0.5) is 0 Å². The summed E-state index contributed by atoms with van der Waals surface area (Å²) in [5, 5.41) is 0. The lowest BCUT2D eigenvalue weighted by Gasteiger charge is -2.40. The lowest BCUT2D eigenvalue weighted by atomic mass is 9.61. The fraction of sp³-hybridized carbons (Fsp3) is 0.769. The van der Waals surface area contributed by atoms with Gasteiger partial charge in [-0.05, 0) is 25.7 Å². The highest BCUT2D eigenvalue weighted by Crippen LogP contribution is 2.46. The summed E-state index contributed by atoms with van der Waals surface area (Å²) in [7, 11) is 1.29. The Balaban J connectivity index is 2.18. The molecule has 4 heteroatoms. The standard InChI is InChI=1S/C13H18O4/c1-17-12(16)9-8-13(7-5-10(9)14)6-3-2-4-11(13)15/h9H,2-8H2,1H3. The minimum absolute atomic E-state index is 0.0687. The van der Waals surface area contributed by atoms with Gasteiger partial charge in [0.15, 0.2) is 0 Å². The van der Waals surface area contributed by atoms with E-state index < -0.39 is 17.3 Å². The molecule has 17 heavy (non-hydrogen) atoms. The van der Waals surface area contributed by atoms with Gasteiger partial charge in [-0.25, -0.2) is 0 Å². The van der Waals surface area contributed by atoms with Crippen LogP contribution in [-0.4, -0.2) is 24.6 Å². The maximum absolute atomic E-state index is 12.1. The van der Waals surface area contributed by atoms with Crippen LogP contribution in [-0.2, 0) is 19.1 Å². The van der Waals surface area contributed by atoms with Crippen molar-refractivity contribution in [1.29, 1.82) is 0 Å². The molecule has 0 radical (unpaired) electrons. The second kappa shape index (κ2) is 4.59. The number of Topliss-reactive ketones (excluding diaryl/α,β-unsaturated/α-hetero) is 2. The fourth-order valence-corrected chi connectivity index (χ4v) is 3.13. The molecule has 0 saturated heterocycles. The second-order valence-corrected chi connectivity index (χ2v) is 5.16. The van der Waals surface area contributed by atoms with Crippen LogP contribution in [0.1, 0.15) is 44.9 Å². The van der Waals surface area contributed by atoms with Gasteiger partial charge in [-0.3, -0.25) is 14.4 Å². The van der Waals surface area contributed by atoms with Crippen molar-refractivity contribution in [3.05, 3.63) is 0 Å². The molecule has 2 aliphatic carbocycles. The van der Waals surface area contributed by atoms with Crippen molar-refractivity contribution >= 4 is 17.5 Å². The Kier molecular flexibility index (Phi) is 3.31. The molecule has 4 nitrogen and oxygen atoms in total. The highest BCUT2D eigenvalue weighted by atomic mass is 16.5. The molecule has 0 aromatic rings. The van der Waals surface area contributed by atoms with E-state index in [9.17, 15) is 14.4 Å². The van der Waals surface area contributed by atoms with Gasteiger partial charge < -0.3 is 4.74 Å². The van der Waals surface area contributed by atoms with Crippen LogP contribution in [0.5, 0.6) is 0 Å². The van der Waals surface area contributed by atoms with Gasteiger partial charge in [0.1, 0.15) is 17.5 Å². The summed E-state index contributed by atoms with van der Waals surface area (Å²) in [4.78, 5) is 35.3. The van der Waals surface area contributed by atoms with Gasteiger partial charge >= 0.3 is 5.97 Å². The molecule has 1 spiro atoms. The number of carbonyl (C=O) groups excluding carboxylic acids is 3. The Hall–Kier alpha value is -1.19. The van der Waals surface area contributed by atoms with Crippen LogP contribution < -0.4 is 0 Å². The third-order valence-corrected chi connectivity index (χ3v) is 4.22. The van der Waals surface area contributed by atoms with E-state index in [4.69, 9.17) is 0 Å². The van der Waals surface area contributed by atoms with Gasteiger partial charge in [-0.1, -0.05) is 6.42 Å². The largest absolute Gasteiger partial charge is 0.468 e. The molecule has 2 unspecified atom stereocenters. The molecule has 0 aromatic heterocycles. The summed E-state index contributed by atoms with van der Waals surface area (Å²) in [5.41, 5.74) is -0.412. The highest BCUT2D eigenvalue weighted by molar-refractivity contribution is 6.01. The van der Waals surface area contributed by atoms with Gasteiger partial charge in [0.2, 0.25) is 0 Å². The number of methoxy groups -OCH3 is 1. The van der Waals surface area contributed by atoms with Crippen LogP contribution in [0, 0.1) is 11.3 Å². The average Bonchev–Trinajstić information content (AvgIpc) is 2.35. The number of ether oxygens (including phenoxy) is 1. The summed E-state index contributed by atoms with van der Waals surface area (Å²) in [6.45, 7) is 0. The van der Waals surface area contributed by atoms with Crippen LogP contribution in [0.15, 0.2) is 0 Å². The van der Waals surface area contributed by atoms with Gasteiger partial charge in [-0.15, -0.1) is 0 Å². The summed E-state index contributed by atoms with van der Waals surface area (Å²) in [5.74, 6) is -1.02. The molecule has 0 N–H and O–H groups in total. The highest BCUT2D eigenvalue weighted by Gasteiger charge is 2.48. The van der Waals surface area contributed by atoms with Crippen molar-refractivity contribution in [2.45, 2.75) is 44.9 Å². The molecule has 94 valence electrons. The van der Waals surface area contributed by atoms with Crippen LogP contribution in [0.2, 0.25) is 0 Å². The van der Waals surface area contributed by atoms with Crippen LogP contribution in [0.3, 0.4) is 0 Å².